The zero-order valence-corrected chi connectivity index (χ0v) is 12.2. The lowest BCUT2D eigenvalue weighted by molar-refractivity contribution is 0.389. The Morgan fingerprint density at radius 2 is 1.79 bits per heavy atom. The van der Waals surface area contributed by atoms with Gasteiger partial charge in [0, 0.05) is 12.6 Å². The van der Waals surface area contributed by atoms with Crippen LogP contribution in [0.3, 0.4) is 0 Å². The van der Waals surface area contributed by atoms with E-state index in [0.29, 0.717) is 6.04 Å². The Labute approximate surface area is 119 Å². The van der Waals surface area contributed by atoms with Crippen molar-refractivity contribution in [3.05, 3.63) is 29.3 Å². The molecule has 0 unspecified atom stereocenters. The molecule has 1 fully saturated rings. The van der Waals surface area contributed by atoms with Crippen molar-refractivity contribution in [3.8, 4) is 0 Å². The molecule has 1 heterocycles. The summed E-state index contributed by atoms with van der Waals surface area (Å²) in [4.78, 5) is 4.70. The van der Waals surface area contributed by atoms with Crippen LogP contribution in [0, 0.1) is 0 Å². The smallest absolute Gasteiger partial charge is 0.108 e. The van der Waals surface area contributed by atoms with Gasteiger partial charge < -0.3 is 5.32 Å². The van der Waals surface area contributed by atoms with E-state index in [1.54, 1.807) is 0 Å². The van der Waals surface area contributed by atoms with Gasteiger partial charge in [0.2, 0.25) is 0 Å². The lowest BCUT2D eigenvalue weighted by Gasteiger charge is -2.20. The molecule has 0 bridgehead atoms. The molecule has 3 rings (SSSR count). The van der Waals surface area contributed by atoms with Crippen molar-refractivity contribution in [2.24, 2.45) is 0 Å². The molecule has 2 nitrogen and oxygen atoms in total. The summed E-state index contributed by atoms with van der Waals surface area (Å²) in [6, 6.07) is 9.12. The second-order valence-electron chi connectivity index (χ2n) is 5.50. The number of rotatable bonds is 3. The van der Waals surface area contributed by atoms with E-state index in [1.165, 1.54) is 54.7 Å². The maximum Gasteiger partial charge on any atom is 0.108 e. The third kappa shape index (κ3) is 3.54. The Kier molecular flexibility index (Phi) is 4.46. The topological polar surface area (TPSA) is 24.9 Å². The van der Waals surface area contributed by atoms with Crippen molar-refractivity contribution < 1.29 is 0 Å². The van der Waals surface area contributed by atoms with E-state index < -0.39 is 0 Å². The fourth-order valence-corrected chi connectivity index (χ4v) is 3.81. The predicted molar refractivity (Wildman–Crippen MR) is 82.6 cm³/mol. The molecule has 2 aromatic rings. The van der Waals surface area contributed by atoms with Gasteiger partial charge >= 0.3 is 0 Å². The van der Waals surface area contributed by atoms with Crippen LogP contribution < -0.4 is 5.32 Å². The van der Waals surface area contributed by atoms with E-state index in [2.05, 4.69) is 29.6 Å². The van der Waals surface area contributed by atoms with Crippen molar-refractivity contribution in [3.63, 3.8) is 0 Å². The van der Waals surface area contributed by atoms with Crippen LogP contribution in [0.4, 0.5) is 0 Å². The number of thiazole rings is 1. The average Bonchev–Trinajstić information content (AvgIpc) is 2.80. The number of nitrogens with zero attached hydrogens (tertiary/aromatic N) is 1. The summed E-state index contributed by atoms with van der Waals surface area (Å²) in [6.07, 6.45) is 9.72. The van der Waals surface area contributed by atoms with E-state index in [0.717, 1.165) is 12.1 Å². The van der Waals surface area contributed by atoms with Crippen LogP contribution in [-0.2, 0) is 6.54 Å². The summed E-state index contributed by atoms with van der Waals surface area (Å²) >= 11 is 1.82. The van der Waals surface area contributed by atoms with Crippen molar-refractivity contribution in [2.75, 3.05) is 0 Å². The largest absolute Gasteiger partial charge is 0.308 e. The van der Waals surface area contributed by atoms with E-state index in [1.807, 2.05) is 11.3 Å². The number of para-hydroxylation sites is 1. The Morgan fingerprint density at radius 3 is 2.58 bits per heavy atom. The molecule has 0 aliphatic heterocycles. The Morgan fingerprint density at radius 1 is 1.05 bits per heavy atom. The first-order valence-electron chi connectivity index (χ1n) is 7.50. The van der Waals surface area contributed by atoms with E-state index >= 15 is 0 Å². The number of hydrogen-bond donors (Lipinski definition) is 1. The van der Waals surface area contributed by atoms with Crippen molar-refractivity contribution in [1.29, 1.82) is 0 Å². The molecule has 1 saturated carbocycles. The van der Waals surface area contributed by atoms with Crippen LogP contribution in [0.1, 0.15) is 50.0 Å². The molecule has 1 aromatic heterocycles. The summed E-state index contributed by atoms with van der Waals surface area (Å²) in [5, 5.41) is 4.94. The van der Waals surface area contributed by atoms with Gasteiger partial charge in [0.1, 0.15) is 5.01 Å². The van der Waals surface area contributed by atoms with Crippen LogP contribution in [0.5, 0.6) is 0 Å². The lowest BCUT2D eigenvalue weighted by atomic mass is 9.97. The molecule has 1 aromatic carbocycles. The monoisotopic (exact) mass is 274 g/mol. The maximum absolute atomic E-state index is 4.70. The second kappa shape index (κ2) is 6.49. The minimum Gasteiger partial charge on any atom is -0.308 e. The quantitative estimate of drug-likeness (QED) is 0.891. The summed E-state index contributed by atoms with van der Waals surface area (Å²) in [5.41, 5.74) is 1.14. The number of aromatic nitrogens is 1. The van der Waals surface area contributed by atoms with Crippen LogP contribution in [-0.4, -0.2) is 11.0 Å². The minimum absolute atomic E-state index is 0.701. The summed E-state index contributed by atoms with van der Waals surface area (Å²) < 4.78 is 1.30. The summed E-state index contributed by atoms with van der Waals surface area (Å²) in [5.74, 6) is 0. The molecule has 1 aliphatic carbocycles. The standard InChI is InChI=1S/C16H22N2S/c1-2-4-8-13(9-5-3-1)17-12-16-18-14-10-6-7-11-15(14)19-16/h6-7,10-11,13,17H,1-5,8-9,12H2. The molecular weight excluding hydrogens is 252 g/mol. The molecule has 3 heteroatoms. The summed E-state index contributed by atoms with van der Waals surface area (Å²) in [7, 11) is 0. The molecule has 0 amide bonds. The first kappa shape index (κ1) is 13.1. The van der Waals surface area contributed by atoms with Crippen LogP contribution in [0.25, 0.3) is 10.2 Å². The Balaban J connectivity index is 1.58. The lowest BCUT2D eigenvalue weighted by Crippen LogP contribution is -2.29. The molecule has 0 radical (unpaired) electrons. The second-order valence-corrected chi connectivity index (χ2v) is 6.61. The van der Waals surface area contributed by atoms with Gasteiger partial charge in [-0.25, -0.2) is 4.98 Å². The number of benzene rings is 1. The molecule has 19 heavy (non-hydrogen) atoms. The van der Waals surface area contributed by atoms with Crippen LogP contribution >= 0.6 is 11.3 Å². The highest BCUT2D eigenvalue weighted by Gasteiger charge is 2.11. The molecule has 1 N–H and O–H groups in total. The maximum atomic E-state index is 4.70. The fourth-order valence-electron chi connectivity index (χ4n) is 2.89. The van der Waals surface area contributed by atoms with Crippen molar-refractivity contribution >= 4 is 21.6 Å². The highest BCUT2D eigenvalue weighted by molar-refractivity contribution is 7.18. The van der Waals surface area contributed by atoms with Crippen molar-refractivity contribution in [1.82, 2.24) is 10.3 Å². The molecule has 0 spiro atoms. The third-order valence-electron chi connectivity index (χ3n) is 3.99. The molecular formula is C16H22N2S. The third-order valence-corrected chi connectivity index (χ3v) is 5.02. The highest BCUT2D eigenvalue weighted by atomic mass is 32.1. The Hall–Kier alpha value is -0.930. The minimum atomic E-state index is 0.701. The van der Waals surface area contributed by atoms with E-state index in [9.17, 15) is 0 Å². The van der Waals surface area contributed by atoms with Gasteiger partial charge in [0.05, 0.1) is 10.2 Å². The zero-order chi connectivity index (χ0) is 12.9. The number of nitrogens with one attached hydrogen (secondary N) is 1. The number of hydrogen-bond acceptors (Lipinski definition) is 3. The SMILES string of the molecule is c1ccc2sc(CNC3CCCCCCC3)nc2c1. The van der Waals surface area contributed by atoms with Gasteiger partial charge in [-0.3, -0.25) is 0 Å². The Bertz CT molecular complexity index is 479. The predicted octanol–water partition coefficient (Wildman–Crippen LogP) is 4.50. The van der Waals surface area contributed by atoms with Gasteiger partial charge in [0.15, 0.2) is 0 Å². The van der Waals surface area contributed by atoms with Crippen molar-refractivity contribution in [2.45, 2.75) is 57.5 Å². The molecule has 0 atom stereocenters. The van der Waals surface area contributed by atoms with Gasteiger partial charge in [-0.1, -0.05) is 44.2 Å². The summed E-state index contributed by atoms with van der Waals surface area (Å²) in [6.45, 7) is 0.935. The van der Waals surface area contributed by atoms with E-state index in [-0.39, 0.29) is 0 Å². The van der Waals surface area contributed by atoms with Gasteiger partial charge in [-0.15, -0.1) is 11.3 Å². The molecule has 0 saturated heterocycles. The van der Waals surface area contributed by atoms with Gasteiger partial charge in [-0.05, 0) is 25.0 Å². The average molecular weight is 274 g/mol. The first-order chi connectivity index (χ1) is 9.42. The highest BCUT2D eigenvalue weighted by Crippen LogP contribution is 2.22. The van der Waals surface area contributed by atoms with Crippen LogP contribution in [0.15, 0.2) is 24.3 Å². The molecule has 102 valence electrons. The fraction of sp³-hybridized carbons (Fsp3) is 0.562. The van der Waals surface area contributed by atoms with Crippen LogP contribution in [0.2, 0.25) is 0 Å². The zero-order valence-electron chi connectivity index (χ0n) is 11.4. The first-order valence-corrected chi connectivity index (χ1v) is 8.31. The number of fused-ring (bicyclic) bond motifs is 1. The van der Waals surface area contributed by atoms with Gasteiger partial charge in [-0.2, -0.15) is 0 Å². The van der Waals surface area contributed by atoms with Gasteiger partial charge in [0.25, 0.3) is 0 Å². The van der Waals surface area contributed by atoms with E-state index in [4.69, 9.17) is 4.98 Å². The normalized spacial score (nSPS) is 18.3. The molecule has 1 aliphatic rings.